The Balaban J connectivity index is 2.01. The van der Waals surface area contributed by atoms with Gasteiger partial charge in [-0.1, -0.05) is 20.8 Å². The van der Waals surface area contributed by atoms with Crippen LogP contribution in [0.25, 0.3) is 0 Å². The average molecular weight is 292 g/mol. The van der Waals surface area contributed by atoms with Crippen molar-refractivity contribution in [2.45, 2.75) is 53.1 Å². The third-order valence-electron chi connectivity index (χ3n) is 5.61. The van der Waals surface area contributed by atoms with Crippen LogP contribution in [-0.2, 0) is 18.4 Å². The molecule has 3 atom stereocenters. The maximum absolute atomic E-state index is 12.6. The van der Waals surface area contributed by atoms with E-state index in [1.165, 1.54) is 0 Å². The zero-order valence-corrected chi connectivity index (χ0v) is 13.8. The van der Waals surface area contributed by atoms with Crippen molar-refractivity contribution in [1.82, 2.24) is 15.1 Å². The van der Waals surface area contributed by atoms with E-state index in [1.807, 2.05) is 24.9 Å². The Bertz CT molecular complexity index is 520. The molecule has 1 amide bonds. The SMILES string of the molecule is Cc1c(CNC(=O)C2CCC(N)C(C)C2(C)C)cnn1C. The molecule has 1 aliphatic rings. The molecule has 0 aromatic carbocycles. The van der Waals surface area contributed by atoms with E-state index in [0.717, 1.165) is 24.1 Å². The summed E-state index contributed by atoms with van der Waals surface area (Å²) in [6.07, 6.45) is 3.62. The molecular formula is C16H28N4O. The second kappa shape index (κ2) is 5.79. The number of carbonyl (C=O) groups is 1. The molecule has 5 nitrogen and oxygen atoms in total. The Hall–Kier alpha value is -1.36. The summed E-state index contributed by atoms with van der Waals surface area (Å²) in [5.41, 5.74) is 8.26. The monoisotopic (exact) mass is 292 g/mol. The highest BCUT2D eigenvalue weighted by Gasteiger charge is 2.44. The van der Waals surface area contributed by atoms with Crippen molar-refractivity contribution in [3.63, 3.8) is 0 Å². The van der Waals surface area contributed by atoms with E-state index in [1.54, 1.807) is 0 Å². The number of hydrogen-bond donors (Lipinski definition) is 2. The summed E-state index contributed by atoms with van der Waals surface area (Å²) >= 11 is 0. The molecule has 1 aliphatic carbocycles. The highest BCUT2D eigenvalue weighted by atomic mass is 16.1. The van der Waals surface area contributed by atoms with Crippen LogP contribution < -0.4 is 11.1 Å². The first-order chi connectivity index (χ1) is 9.75. The molecular weight excluding hydrogens is 264 g/mol. The summed E-state index contributed by atoms with van der Waals surface area (Å²) in [7, 11) is 1.91. The molecule has 0 bridgehead atoms. The molecule has 5 heteroatoms. The molecule has 0 aliphatic heterocycles. The summed E-state index contributed by atoms with van der Waals surface area (Å²) < 4.78 is 1.83. The van der Waals surface area contributed by atoms with Gasteiger partial charge in [0.05, 0.1) is 6.20 Å². The first-order valence-corrected chi connectivity index (χ1v) is 7.76. The number of amides is 1. The minimum atomic E-state index is -0.0638. The fourth-order valence-electron chi connectivity index (χ4n) is 3.34. The Morgan fingerprint density at radius 2 is 2.19 bits per heavy atom. The first-order valence-electron chi connectivity index (χ1n) is 7.76. The van der Waals surface area contributed by atoms with Crippen molar-refractivity contribution in [2.24, 2.45) is 30.0 Å². The minimum Gasteiger partial charge on any atom is -0.352 e. The van der Waals surface area contributed by atoms with Gasteiger partial charge in [0.2, 0.25) is 5.91 Å². The normalized spacial score (nSPS) is 28.4. The van der Waals surface area contributed by atoms with Gasteiger partial charge in [-0.3, -0.25) is 9.48 Å². The third-order valence-corrected chi connectivity index (χ3v) is 5.61. The molecule has 118 valence electrons. The van der Waals surface area contributed by atoms with Crippen LogP contribution in [0, 0.1) is 24.2 Å². The maximum Gasteiger partial charge on any atom is 0.223 e. The third kappa shape index (κ3) is 2.98. The van der Waals surface area contributed by atoms with E-state index in [4.69, 9.17) is 5.73 Å². The van der Waals surface area contributed by atoms with Gasteiger partial charge in [-0.25, -0.2) is 0 Å². The Morgan fingerprint density at radius 3 is 2.76 bits per heavy atom. The highest BCUT2D eigenvalue weighted by molar-refractivity contribution is 5.79. The number of carbonyl (C=O) groups excluding carboxylic acids is 1. The molecule has 0 radical (unpaired) electrons. The van der Waals surface area contributed by atoms with Gasteiger partial charge in [-0.15, -0.1) is 0 Å². The van der Waals surface area contributed by atoms with Crippen molar-refractivity contribution in [2.75, 3.05) is 0 Å². The quantitative estimate of drug-likeness (QED) is 0.891. The van der Waals surface area contributed by atoms with Crippen molar-refractivity contribution in [3.8, 4) is 0 Å². The lowest BCUT2D eigenvalue weighted by Gasteiger charge is -2.46. The molecule has 3 unspecified atom stereocenters. The summed E-state index contributed by atoms with van der Waals surface area (Å²) in [5.74, 6) is 0.522. The van der Waals surface area contributed by atoms with Crippen LogP contribution >= 0.6 is 0 Å². The highest BCUT2D eigenvalue weighted by Crippen LogP contribution is 2.44. The Labute approximate surface area is 127 Å². The molecule has 0 spiro atoms. The Kier molecular flexibility index (Phi) is 4.42. The lowest BCUT2D eigenvalue weighted by atomic mass is 9.61. The summed E-state index contributed by atoms with van der Waals surface area (Å²) in [6.45, 7) is 9.05. The van der Waals surface area contributed by atoms with Crippen molar-refractivity contribution in [3.05, 3.63) is 17.5 Å². The molecule has 1 aromatic heterocycles. The van der Waals surface area contributed by atoms with Gasteiger partial charge in [0.15, 0.2) is 0 Å². The Morgan fingerprint density at radius 1 is 1.52 bits per heavy atom. The van der Waals surface area contributed by atoms with Crippen LogP contribution in [0.15, 0.2) is 6.20 Å². The topological polar surface area (TPSA) is 72.9 Å². The van der Waals surface area contributed by atoms with Crippen LogP contribution in [0.1, 0.15) is 44.9 Å². The summed E-state index contributed by atoms with van der Waals surface area (Å²) in [6, 6.07) is 0.199. The zero-order valence-electron chi connectivity index (χ0n) is 13.8. The van der Waals surface area contributed by atoms with Gasteiger partial charge in [-0.2, -0.15) is 5.10 Å². The van der Waals surface area contributed by atoms with Gasteiger partial charge >= 0.3 is 0 Å². The number of rotatable bonds is 3. The van der Waals surface area contributed by atoms with E-state index >= 15 is 0 Å². The van der Waals surface area contributed by atoms with E-state index in [2.05, 4.69) is 31.2 Å². The van der Waals surface area contributed by atoms with Crippen molar-refractivity contribution < 1.29 is 4.79 Å². The average Bonchev–Trinajstić information content (AvgIpc) is 2.74. The van der Waals surface area contributed by atoms with Gasteiger partial charge < -0.3 is 11.1 Å². The molecule has 1 fully saturated rings. The largest absolute Gasteiger partial charge is 0.352 e. The number of nitrogens with zero attached hydrogens (tertiary/aromatic N) is 2. The van der Waals surface area contributed by atoms with E-state index in [0.29, 0.717) is 12.5 Å². The minimum absolute atomic E-state index is 0.0317. The zero-order chi connectivity index (χ0) is 15.8. The molecule has 2 rings (SSSR count). The van der Waals surface area contributed by atoms with Crippen molar-refractivity contribution in [1.29, 1.82) is 0 Å². The molecule has 1 heterocycles. The summed E-state index contributed by atoms with van der Waals surface area (Å²) in [5, 5.41) is 7.29. The number of aryl methyl sites for hydroxylation is 1. The van der Waals surface area contributed by atoms with E-state index in [-0.39, 0.29) is 23.3 Å². The molecule has 1 saturated carbocycles. The van der Waals surface area contributed by atoms with Gasteiger partial charge in [0, 0.05) is 36.8 Å². The van der Waals surface area contributed by atoms with Crippen LogP contribution in [0.2, 0.25) is 0 Å². The molecule has 0 saturated heterocycles. The van der Waals surface area contributed by atoms with E-state index < -0.39 is 0 Å². The standard InChI is InChI=1S/C16H28N4O/c1-10-14(17)7-6-13(16(10,3)4)15(21)18-8-12-9-19-20(5)11(12)2/h9-10,13-14H,6-8,17H2,1-5H3,(H,18,21). The lowest BCUT2D eigenvalue weighted by Crippen LogP contribution is -2.51. The predicted molar refractivity (Wildman–Crippen MR) is 83.4 cm³/mol. The predicted octanol–water partition coefficient (Wildman–Crippen LogP) is 1.74. The van der Waals surface area contributed by atoms with Gasteiger partial charge in [0.1, 0.15) is 0 Å². The van der Waals surface area contributed by atoms with Crippen LogP contribution in [0.3, 0.4) is 0 Å². The number of nitrogens with two attached hydrogens (primary N) is 1. The second-order valence-corrected chi connectivity index (χ2v) is 7.00. The van der Waals surface area contributed by atoms with Crippen LogP contribution in [-0.4, -0.2) is 21.7 Å². The fourth-order valence-corrected chi connectivity index (χ4v) is 3.34. The first kappa shape index (κ1) is 16.0. The van der Waals surface area contributed by atoms with Gasteiger partial charge in [-0.05, 0) is 31.1 Å². The lowest BCUT2D eigenvalue weighted by molar-refractivity contribution is -0.132. The van der Waals surface area contributed by atoms with Crippen LogP contribution in [0.4, 0.5) is 0 Å². The van der Waals surface area contributed by atoms with Gasteiger partial charge in [0.25, 0.3) is 0 Å². The number of hydrogen-bond acceptors (Lipinski definition) is 3. The van der Waals surface area contributed by atoms with Crippen LogP contribution in [0.5, 0.6) is 0 Å². The fraction of sp³-hybridized carbons (Fsp3) is 0.750. The smallest absolute Gasteiger partial charge is 0.223 e. The second-order valence-electron chi connectivity index (χ2n) is 7.00. The van der Waals surface area contributed by atoms with E-state index in [9.17, 15) is 4.79 Å². The molecule has 1 aromatic rings. The molecule has 21 heavy (non-hydrogen) atoms. The number of nitrogens with one attached hydrogen (secondary N) is 1. The van der Waals surface area contributed by atoms with Crippen molar-refractivity contribution >= 4 is 5.91 Å². The maximum atomic E-state index is 12.6. The number of aromatic nitrogens is 2. The molecule has 3 N–H and O–H groups in total. The summed E-state index contributed by atoms with van der Waals surface area (Å²) in [4.78, 5) is 12.6.